The van der Waals surface area contributed by atoms with Crippen molar-refractivity contribution in [3.8, 4) is 5.75 Å². The number of halogens is 3. The Balaban J connectivity index is 1.97. The summed E-state index contributed by atoms with van der Waals surface area (Å²) in [7, 11) is 0. The van der Waals surface area contributed by atoms with E-state index in [1.807, 2.05) is 6.92 Å². The predicted octanol–water partition coefficient (Wildman–Crippen LogP) is 3.36. The molecule has 0 N–H and O–H groups in total. The molecular formula is C14H12ClF2N3O2. The Morgan fingerprint density at radius 1 is 1.41 bits per heavy atom. The van der Waals surface area contributed by atoms with Crippen molar-refractivity contribution in [2.75, 3.05) is 11.4 Å². The van der Waals surface area contributed by atoms with Crippen LogP contribution in [0, 0.1) is 0 Å². The molecule has 0 saturated heterocycles. The summed E-state index contributed by atoms with van der Waals surface area (Å²) in [5.41, 5.74) is 0.898. The molecule has 0 radical (unpaired) electrons. The number of hydrogen-bond donors (Lipinski definition) is 0. The third-order valence-electron chi connectivity index (χ3n) is 3.44. The fourth-order valence-corrected chi connectivity index (χ4v) is 2.63. The number of amides is 1. The lowest BCUT2D eigenvalue weighted by atomic mass is 10.1. The lowest BCUT2D eigenvalue weighted by molar-refractivity contribution is -0.0497. The van der Waals surface area contributed by atoms with Crippen molar-refractivity contribution in [1.29, 1.82) is 0 Å². The van der Waals surface area contributed by atoms with Gasteiger partial charge in [0.15, 0.2) is 0 Å². The van der Waals surface area contributed by atoms with Crippen LogP contribution in [0.1, 0.15) is 23.5 Å². The Kier molecular flexibility index (Phi) is 3.74. The van der Waals surface area contributed by atoms with E-state index in [2.05, 4.69) is 9.84 Å². The van der Waals surface area contributed by atoms with E-state index in [-0.39, 0.29) is 22.7 Å². The molecule has 1 atom stereocenters. The first-order chi connectivity index (χ1) is 10.5. The van der Waals surface area contributed by atoms with E-state index in [0.717, 1.165) is 0 Å². The first-order valence-electron chi connectivity index (χ1n) is 6.57. The van der Waals surface area contributed by atoms with Gasteiger partial charge in [0, 0.05) is 24.5 Å². The minimum absolute atomic E-state index is 0.0298. The largest absolute Gasteiger partial charge is 0.433 e. The van der Waals surface area contributed by atoms with Gasteiger partial charge in [-0.25, -0.2) is 0 Å². The van der Waals surface area contributed by atoms with Gasteiger partial charge in [-0.15, -0.1) is 0 Å². The third kappa shape index (κ3) is 2.52. The highest BCUT2D eigenvalue weighted by molar-refractivity contribution is 6.32. The first-order valence-corrected chi connectivity index (χ1v) is 6.95. The van der Waals surface area contributed by atoms with Crippen LogP contribution < -0.4 is 9.64 Å². The number of rotatable bonds is 3. The van der Waals surface area contributed by atoms with Crippen LogP contribution in [0.3, 0.4) is 0 Å². The van der Waals surface area contributed by atoms with Gasteiger partial charge in [0.2, 0.25) is 0 Å². The SMILES string of the molecule is CC1CN(c2ccc(Cl)c(OC(F)F)c2)C(=O)c2ccnn21. The number of hydrogen-bond acceptors (Lipinski definition) is 3. The van der Waals surface area contributed by atoms with Gasteiger partial charge in [-0.3, -0.25) is 9.48 Å². The average Bonchev–Trinajstić information content (AvgIpc) is 2.95. The number of carbonyl (C=O) groups excluding carboxylic acids is 1. The summed E-state index contributed by atoms with van der Waals surface area (Å²) in [4.78, 5) is 14.0. The van der Waals surface area contributed by atoms with Crippen LogP contribution in [0.5, 0.6) is 5.75 Å². The summed E-state index contributed by atoms with van der Waals surface area (Å²) < 4.78 is 30.8. The van der Waals surface area contributed by atoms with Crippen LogP contribution in [-0.4, -0.2) is 28.8 Å². The third-order valence-corrected chi connectivity index (χ3v) is 3.75. The van der Waals surface area contributed by atoms with Crippen molar-refractivity contribution < 1.29 is 18.3 Å². The van der Waals surface area contributed by atoms with Gasteiger partial charge >= 0.3 is 6.61 Å². The summed E-state index contributed by atoms with van der Waals surface area (Å²) in [6.45, 7) is -0.684. The lowest BCUT2D eigenvalue weighted by Crippen LogP contribution is -2.42. The van der Waals surface area contributed by atoms with Gasteiger partial charge in [-0.2, -0.15) is 13.9 Å². The fourth-order valence-electron chi connectivity index (χ4n) is 2.47. The molecule has 116 valence electrons. The van der Waals surface area contributed by atoms with Crippen molar-refractivity contribution >= 4 is 23.2 Å². The van der Waals surface area contributed by atoms with Gasteiger partial charge in [0.1, 0.15) is 11.4 Å². The normalized spacial score (nSPS) is 17.8. The Morgan fingerprint density at radius 2 is 2.18 bits per heavy atom. The van der Waals surface area contributed by atoms with Crippen molar-refractivity contribution in [3.05, 3.63) is 41.2 Å². The minimum Gasteiger partial charge on any atom is -0.433 e. The minimum atomic E-state index is -2.98. The highest BCUT2D eigenvalue weighted by Gasteiger charge is 2.30. The second-order valence-electron chi connectivity index (χ2n) is 4.92. The molecular weight excluding hydrogens is 316 g/mol. The van der Waals surface area contributed by atoms with Gasteiger partial charge < -0.3 is 9.64 Å². The van der Waals surface area contributed by atoms with Crippen LogP contribution in [-0.2, 0) is 0 Å². The number of fused-ring (bicyclic) bond motifs is 1. The smallest absolute Gasteiger partial charge is 0.387 e. The quantitative estimate of drug-likeness (QED) is 0.868. The standard InChI is InChI=1S/C14H12ClF2N3O2/c1-8-7-19(13(21)11-4-5-18-20(8)11)9-2-3-10(15)12(6-9)22-14(16)17/h2-6,8,14H,7H2,1H3. The van der Waals surface area contributed by atoms with E-state index >= 15 is 0 Å². The van der Waals surface area contributed by atoms with Crippen LogP contribution in [0.15, 0.2) is 30.5 Å². The number of alkyl halides is 2. The zero-order valence-electron chi connectivity index (χ0n) is 11.5. The highest BCUT2D eigenvalue weighted by atomic mass is 35.5. The van der Waals surface area contributed by atoms with E-state index in [1.54, 1.807) is 23.0 Å². The maximum atomic E-state index is 12.5. The van der Waals surface area contributed by atoms with Crippen molar-refractivity contribution in [1.82, 2.24) is 9.78 Å². The molecule has 1 unspecified atom stereocenters. The molecule has 1 aliphatic rings. The Labute approximate surface area is 130 Å². The summed E-state index contributed by atoms with van der Waals surface area (Å²) in [6.07, 6.45) is 1.56. The number of aromatic nitrogens is 2. The van der Waals surface area contributed by atoms with E-state index < -0.39 is 6.61 Å². The molecule has 0 fully saturated rings. The van der Waals surface area contributed by atoms with Gasteiger partial charge in [-0.1, -0.05) is 11.6 Å². The highest BCUT2D eigenvalue weighted by Crippen LogP contribution is 2.33. The fraction of sp³-hybridized carbons (Fsp3) is 0.286. The van der Waals surface area contributed by atoms with E-state index in [4.69, 9.17) is 11.6 Å². The molecule has 0 bridgehead atoms. The van der Waals surface area contributed by atoms with Crippen molar-refractivity contribution in [2.24, 2.45) is 0 Å². The molecule has 0 spiro atoms. The molecule has 0 aliphatic carbocycles. The molecule has 1 amide bonds. The van der Waals surface area contributed by atoms with Crippen LogP contribution in [0.25, 0.3) is 0 Å². The van der Waals surface area contributed by atoms with Crippen molar-refractivity contribution in [2.45, 2.75) is 19.6 Å². The van der Waals surface area contributed by atoms with Crippen molar-refractivity contribution in [3.63, 3.8) is 0 Å². The summed E-state index contributed by atoms with van der Waals surface area (Å²) in [6, 6.07) is 5.95. The van der Waals surface area contributed by atoms with Gasteiger partial charge in [0.05, 0.1) is 11.1 Å². The molecule has 2 heterocycles. The van der Waals surface area contributed by atoms with E-state index in [1.165, 1.54) is 17.0 Å². The molecule has 5 nitrogen and oxygen atoms in total. The number of nitrogens with zero attached hydrogens (tertiary/aromatic N) is 3. The number of benzene rings is 1. The topological polar surface area (TPSA) is 47.4 Å². The maximum absolute atomic E-state index is 12.5. The molecule has 0 saturated carbocycles. The maximum Gasteiger partial charge on any atom is 0.387 e. The molecule has 8 heteroatoms. The number of ether oxygens (including phenoxy) is 1. The molecule has 22 heavy (non-hydrogen) atoms. The van der Waals surface area contributed by atoms with Gasteiger partial charge in [0.25, 0.3) is 5.91 Å². The molecule has 3 rings (SSSR count). The average molecular weight is 328 g/mol. The Bertz CT molecular complexity index is 720. The molecule has 1 aromatic heterocycles. The number of carbonyl (C=O) groups is 1. The van der Waals surface area contributed by atoms with Crippen LogP contribution in [0.2, 0.25) is 5.02 Å². The van der Waals surface area contributed by atoms with E-state index in [9.17, 15) is 13.6 Å². The molecule has 1 aliphatic heterocycles. The first kappa shape index (κ1) is 14.8. The predicted molar refractivity (Wildman–Crippen MR) is 76.7 cm³/mol. The summed E-state index contributed by atoms with van der Waals surface area (Å²) in [5.74, 6) is -0.408. The number of anilines is 1. The van der Waals surface area contributed by atoms with Crippen LogP contribution >= 0.6 is 11.6 Å². The zero-order valence-corrected chi connectivity index (χ0v) is 12.3. The molecule has 2 aromatic rings. The Morgan fingerprint density at radius 3 is 2.91 bits per heavy atom. The lowest BCUT2D eigenvalue weighted by Gasteiger charge is -2.32. The summed E-state index contributed by atoms with van der Waals surface area (Å²) in [5, 5.41) is 4.17. The summed E-state index contributed by atoms with van der Waals surface area (Å²) >= 11 is 5.83. The second-order valence-corrected chi connectivity index (χ2v) is 5.33. The second kappa shape index (κ2) is 5.57. The zero-order chi connectivity index (χ0) is 15.9. The van der Waals surface area contributed by atoms with Crippen LogP contribution in [0.4, 0.5) is 14.5 Å². The van der Waals surface area contributed by atoms with Gasteiger partial charge in [-0.05, 0) is 25.1 Å². The monoisotopic (exact) mass is 327 g/mol. The molecule has 1 aromatic carbocycles. The van der Waals surface area contributed by atoms with E-state index in [0.29, 0.717) is 17.9 Å². The Hall–Kier alpha value is -2.15.